The number of hydrogen-bond donors (Lipinski definition) is 3. The molecular weight excluding hydrogens is 573 g/mol. The average molecular weight is 608 g/mol. The maximum Gasteiger partial charge on any atom is 0.343 e. The Morgan fingerprint density at radius 1 is 1.27 bits per heavy atom. The number of nitrogens with two attached hydrogens (primary N) is 1. The number of amides is 2. The van der Waals surface area contributed by atoms with Crippen molar-refractivity contribution in [1.82, 2.24) is 19.8 Å². The average Bonchev–Trinajstić information content (AvgIpc) is 3.39. The van der Waals surface area contributed by atoms with E-state index in [0.29, 0.717) is 41.9 Å². The minimum absolute atomic E-state index is 0.00640. The number of nitrogens with one attached hydrogen (secondary N) is 1. The Balaban J connectivity index is 1.50. The molecule has 0 spiro atoms. The number of ether oxygens (including phenoxy) is 2. The molecule has 44 heavy (non-hydrogen) atoms. The van der Waals surface area contributed by atoms with Crippen molar-refractivity contribution in [3.63, 3.8) is 0 Å². The largest absolute Gasteiger partial charge is 0.458 e. The zero-order chi connectivity index (χ0) is 31.5. The van der Waals surface area contributed by atoms with Gasteiger partial charge < -0.3 is 35.1 Å². The van der Waals surface area contributed by atoms with Crippen LogP contribution >= 0.6 is 0 Å². The fourth-order valence-electron chi connectivity index (χ4n) is 6.84. The lowest BCUT2D eigenvalue weighted by Gasteiger charge is -2.37. The van der Waals surface area contributed by atoms with Gasteiger partial charge in [-0.25, -0.2) is 14.2 Å². The summed E-state index contributed by atoms with van der Waals surface area (Å²) in [5.74, 6) is -1.92. The fourth-order valence-corrected chi connectivity index (χ4v) is 6.84. The highest BCUT2D eigenvalue weighted by atomic mass is 19.1. The van der Waals surface area contributed by atoms with Gasteiger partial charge in [0.1, 0.15) is 25.8 Å². The highest BCUT2D eigenvalue weighted by Crippen LogP contribution is 2.47. The first-order valence-electron chi connectivity index (χ1n) is 14.7. The zero-order valence-corrected chi connectivity index (χ0v) is 24.8. The number of cyclic esters (lactones) is 1. The number of hydrogen-bond acceptors (Lipinski definition) is 9. The number of esters is 1. The molecule has 0 radical (unpaired) electrons. The summed E-state index contributed by atoms with van der Waals surface area (Å²) in [5, 5.41) is 14.5. The molecule has 2 amide bonds. The van der Waals surface area contributed by atoms with E-state index < -0.39 is 34.9 Å². The first-order valence-corrected chi connectivity index (χ1v) is 14.7. The lowest BCUT2D eigenvalue weighted by molar-refractivity contribution is -0.172. The van der Waals surface area contributed by atoms with Gasteiger partial charge in [-0.05, 0) is 55.9 Å². The Morgan fingerprint density at radius 3 is 2.75 bits per heavy atom. The molecule has 2 aromatic heterocycles. The van der Waals surface area contributed by atoms with Crippen molar-refractivity contribution in [1.29, 1.82) is 0 Å². The Morgan fingerprint density at radius 2 is 2.05 bits per heavy atom. The van der Waals surface area contributed by atoms with Crippen LogP contribution in [0.25, 0.3) is 22.3 Å². The second-order valence-electron chi connectivity index (χ2n) is 11.3. The summed E-state index contributed by atoms with van der Waals surface area (Å²) in [6.45, 7) is 4.81. The third-order valence-corrected chi connectivity index (χ3v) is 9.17. The van der Waals surface area contributed by atoms with E-state index in [-0.39, 0.29) is 56.5 Å². The number of likely N-dealkylation sites (N-methyl/N-ethyl adjacent to an activating group) is 1. The Labute approximate surface area is 251 Å². The molecule has 2 aliphatic heterocycles. The summed E-state index contributed by atoms with van der Waals surface area (Å²) in [6.07, 6.45) is 1.03. The molecule has 0 saturated heterocycles. The number of benzene rings is 1. The third kappa shape index (κ3) is 4.41. The molecule has 6 rings (SSSR count). The number of aryl methyl sites for hydroxylation is 1. The van der Waals surface area contributed by atoms with E-state index >= 15 is 4.39 Å². The molecule has 12 nitrogen and oxygen atoms in total. The van der Waals surface area contributed by atoms with Gasteiger partial charge in [-0.1, -0.05) is 6.92 Å². The van der Waals surface area contributed by atoms with Gasteiger partial charge >= 0.3 is 5.97 Å². The number of aliphatic hydroxyl groups is 1. The summed E-state index contributed by atoms with van der Waals surface area (Å²) < 4.78 is 27.3. The molecule has 13 heteroatoms. The van der Waals surface area contributed by atoms with E-state index in [1.165, 1.54) is 10.6 Å². The summed E-state index contributed by atoms with van der Waals surface area (Å²) >= 11 is 0. The molecule has 0 fully saturated rings. The monoisotopic (exact) mass is 607 g/mol. The lowest BCUT2D eigenvalue weighted by atomic mass is 9.81. The predicted octanol–water partition coefficient (Wildman–Crippen LogP) is 1.41. The first-order chi connectivity index (χ1) is 21.0. The molecule has 2 atom stereocenters. The van der Waals surface area contributed by atoms with Gasteiger partial charge in [0.2, 0.25) is 11.8 Å². The van der Waals surface area contributed by atoms with Crippen LogP contribution in [0.1, 0.15) is 66.1 Å². The molecule has 3 aliphatic rings. The normalized spacial score (nSPS) is 19.7. The summed E-state index contributed by atoms with van der Waals surface area (Å²) in [5.41, 5.74) is 7.39. The van der Waals surface area contributed by atoms with Gasteiger partial charge in [0.05, 0.1) is 41.6 Å². The summed E-state index contributed by atoms with van der Waals surface area (Å²) in [4.78, 5) is 57.9. The second-order valence-corrected chi connectivity index (χ2v) is 11.3. The molecule has 0 unspecified atom stereocenters. The number of pyridine rings is 2. The molecule has 1 aromatic carbocycles. The maximum absolute atomic E-state index is 15.2. The van der Waals surface area contributed by atoms with Crippen molar-refractivity contribution in [3.05, 3.63) is 61.7 Å². The summed E-state index contributed by atoms with van der Waals surface area (Å²) in [7, 11) is 0. The SMILES string of the molecule is CCN(C(=O)COCNC(=O)CN)[C@H]1CCc2c(C)c(F)cc3nc4c(c1c23)Cn1c-4cc2c(c1=O)COC(=O)[C@]2(O)CC. The Hall–Kier alpha value is -4.20. The number of nitrogens with zero attached hydrogens (tertiary/aromatic N) is 3. The van der Waals surface area contributed by atoms with Gasteiger partial charge in [-0.15, -0.1) is 0 Å². The number of fused-ring (bicyclic) bond motifs is 5. The van der Waals surface area contributed by atoms with Crippen LogP contribution in [0.2, 0.25) is 0 Å². The van der Waals surface area contributed by atoms with Gasteiger partial charge in [0, 0.05) is 29.1 Å². The van der Waals surface area contributed by atoms with Crippen LogP contribution in [0.3, 0.4) is 0 Å². The van der Waals surface area contributed by atoms with Crippen molar-refractivity contribution >= 4 is 28.7 Å². The number of carbonyl (C=O) groups is 3. The third-order valence-electron chi connectivity index (χ3n) is 9.17. The highest BCUT2D eigenvalue weighted by Gasteiger charge is 2.46. The number of aromatic nitrogens is 2. The molecule has 0 saturated carbocycles. The van der Waals surface area contributed by atoms with Crippen molar-refractivity contribution in [2.24, 2.45) is 5.73 Å². The van der Waals surface area contributed by atoms with Crippen LogP contribution in [0, 0.1) is 12.7 Å². The van der Waals surface area contributed by atoms with E-state index in [9.17, 15) is 24.3 Å². The van der Waals surface area contributed by atoms with Crippen LogP contribution in [0.15, 0.2) is 16.9 Å². The minimum atomic E-state index is -1.98. The summed E-state index contributed by atoms with van der Waals surface area (Å²) in [6, 6.07) is 2.57. The standard InChI is InChI=1S/C31H34FN5O7/c1-4-31(42)19-8-23-28-17(11-37(23)29(40)18(19)12-44-30(31)41)27-22(36(5-2)25(39)13-43-14-34-24(38)10-33)7-6-16-15(3)20(32)9-21(35-28)26(16)27/h8-9,22,42H,4-7,10-14,33H2,1-3H3,(H,34,38)/t22-,31-/m0/s1. The van der Waals surface area contributed by atoms with E-state index in [0.717, 1.165) is 22.1 Å². The van der Waals surface area contributed by atoms with Gasteiger partial charge in [0.15, 0.2) is 5.60 Å². The number of carbonyl (C=O) groups excluding carboxylic acids is 3. The van der Waals surface area contributed by atoms with E-state index in [1.807, 2.05) is 6.92 Å². The zero-order valence-electron chi connectivity index (χ0n) is 24.8. The Kier molecular flexibility index (Phi) is 7.50. The van der Waals surface area contributed by atoms with Gasteiger partial charge in [-0.2, -0.15) is 0 Å². The topological polar surface area (TPSA) is 166 Å². The number of rotatable bonds is 8. The smallest absolute Gasteiger partial charge is 0.343 e. The van der Waals surface area contributed by atoms with Crippen LogP contribution < -0.4 is 16.6 Å². The number of halogens is 1. The van der Waals surface area contributed by atoms with E-state index in [4.69, 9.17) is 20.2 Å². The molecule has 4 N–H and O–H groups in total. The second kappa shape index (κ2) is 11.1. The van der Waals surface area contributed by atoms with Crippen LogP contribution in [-0.2, 0) is 49.0 Å². The van der Waals surface area contributed by atoms with Crippen LogP contribution in [0.4, 0.5) is 4.39 Å². The molecule has 232 valence electrons. The van der Waals surface area contributed by atoms with Crippen molar-refractivity contribution < 1.29 is 33.4 Å². The predicted molar refractivity (Wildman–Crippen MR) is 156 cm³/mol. The minimum Gasteiger partial charge on any atom is -0.458 e. The molecule has 1 aliphatic carbocycles. The molecule has 4 heterocycles. The van der Waals surface area contributed by atoms with Gasteiger partial charge in [0.25, 0.3) is 5.56 Å². The van der Waals surface area contributed by atoms with E-state index in [2.05, 4.69) is 5.32 Å². The van der Waals surface area contributed by atoms with Crippen molar-refractivity contribution in [2.45, 2.75) is 64.8 Å². The molecular formula is C31H34FN5O7. The van der Waals surface area contributed by atoms with Gasteiger partial charge in [-0.3, -0.25) is 14.4 Å². The molecule has 3 aromatic rings. The fraction of sp³-hybridized carbons (Fsp3) is 0.452. The quantitative estimate of drug-likeness (QED) is 0.153. The van der Waals surface area contributed by atoms with Crippen molar-refractivity contribution in [2.75, 3.05) is 26.4 Å². The highest BCUT2D eigenvalue weighted by molar-refractivity contribution is 5.94. The van der Waals surface area contributed by atoms with Crippen molar-refractivity contribution in [3.8, 4) is 11.4 Å². The van der Waals surface area contributed by atoms with Crippen LogP contribution in [0.5, 0.6) is 0 Å². The molecule has 0 bridgehead atoms. The maximum atomic E-state index is 15.2. The first kappa shape index (κ1) is 29.9. The lowest BCUT2D eigenvalue weighted by Crippen LogP contribution is -2.44. The van der Waals surface area contributed by atoms with E-state index in [1.54, 1.807) is 24.8 Å². The Bertz CT molecular complexity index is 1800. The van der Waals surface area contributed by atoms with Crippen LogP contribution in [-0.4, -0.2) is 63.8 Å².